The summed E-state index contributed by atoms with van der Waals surface area (Å²) in [6, 6.07) is 4.42. The molecule has 0 bridgehead atoms. The Morgan fingerprint density at radius 2 is 2.39 bits per heavy atom. The lowest BCUT2D eigenvalue weighted by Gasteiger charge is -2.25. The van der Waals surface area contributed by atoms with Gasteiger partial charge in [-0.2, -0.15) is 0 Å². The zero-order valence-corrected chi connectivity index (χ0v) is 10.5. The minimum Gasteiger partial charge on any atom is -0.351 e. The van der Waals surface area contributed by atoms with Gasteiger partial charge in [0, 0.05) is 19.1 Å². The van der Waals surface area contributed by atoms with Crippen LogP contribution < -0.4 is 10.2 Å². The molecule has 0 amide bonds. The van der Waals surface area contributed by atoms with Gasteiger partial charge in [0.1, 0.15) is 0 Å². The zero-order chi connectivity index (χ0) is 12.4. The highest BCUT2D eigenvalue weighted by molar-refractivity contribution is 5.45. The van der Waals surface area contributed by atoms with Crippen LogP contribution in [0.1, 0.15) is 19.8 Å². The van der Waals surface area contributed by atoms with Crippen LogP contribution in [-0.2, 0) is 0 Å². The summed E-state index contributed by atoms with van der Waals surface area (Å²) in [6.07, 6.45) is 2.42. The first kappa shape index (κ1) is 11.3. The van der Waals surface area contributed by atoms with E-state index in [1.807, 2.05) is 12.1 Å². The molecule has 0 aromatic carbocycles. The van der Waals surface area contributed by atoms with Gasteiger partial charge in [0.15, 0.2) is 11.5 Å². The molecular formula is C11H17N7. The van der Waals surface area contributed by atoms with E-state index in [-0.39, 0.29) is 0 Å². The predicted molar refractivity (Wildman–Crippen MR) is 67.5 cm³/mol. The van der Waals surface area contributed by atoms with Crippen molar-refractivity contribution in [2.45, 2.75) is 25.8 Å². The summed E-state index contributed by atoms with van der Waals surface area (Å²) >= 11 is 0. The Kier molecular flexibility index (Phi) is 3.06. The molecule has 3 rings (SSSR count). The largest absolute Gasteiger partial charge is 0.351 e. The number of rotatable bonds is 4. The van der Waals surface area contributed by atoms with Gasteiger partial charge in [-0.1, -0.05) is 6.92 Å². The summed E-state index contributed by atoms with van der Waals surface area (Å²) in [5, 5.41) is 19.2. The molecule has 0 aliphatic carbocycles. The highest BCUT2D eigenvalue weighted by atomic mass is 15.6. The second-order valence-electron chi connectivity index (χ2n) is 4.52. The van der Waals surface area contributed by atoms with Crippen LogP contribution in [0.15, 0.2) is 12.1 Å². The SMILES string of the molecule is CCNCC1CCCN1c1ccc2nnnn2n1. The highest BCUT2D eigenvalue weighted by Crippen LogP contribution is 2.23. The van der Waals surface area contributed by atoms with Crippen molar-refractivity contribution >= 4 is 11.5 Å². The molecule has 1 aliphatic rings. The van der Waals surface area contributed by atoms with E-state index < -0.39 is 0 Å². The van der Waals surface area contributed by atoms with Crippen LogP contribution in [0.25, 0.3) is 5.65 Å². The maximum absolute atomic E-state index is 4.45. The maximum atomic E-state index is 4.45. The standard InChI is InChI=1S/C11H17N7/c1-2-12-8-9-4-3-7-17(9)11-6-5-10-13-15-16-18(10)14-11/h5-6,9,12H,2-4,7-8H2,1H3. The van der Waals surface area contributed by atoms with Gasteiger partial charge in [-0.25, -0.2) is 0 Å². The summed E-state index contributed by atoms with van der Waals surface area (Å²) < 4.78 is 1.48. The number of likely N-dealkylation sites (N-methyl/N-ethyl adjacent to an activating group) is 1. The molecule has 7 heteroatoms. The lowest BCUT2D eigenvalue weighted by atomic mass is 10.2. The second kappa shape index (κ2) is 4.85. The highest BCUT2D eigenvalue weighted by Gasteiger charge is 2.25. The van der Waals surface area contributed by atoms with Gasteiger partial charge in [-0.05, 0) is 41.9 Å². The number of hydrogen-bond donors (Lipinski definition) is 1. The van der Waals surface area contributed by atoms with Gasteiger partial charge in [0.2, 0.25) is 0 Å². The van der Waals surface area contributed by atoms with Crippen molar-refractivity contribution in [1.29, 1.82) is 0 Å². The minimum atomic E-state index is 0.520. The molecule has 7 nitrogen and oxygen atoms in total. The molecule has 0 radical (unpaired) electrons. The lowest BCUT2D eigenvalue weighted by Crippen LogP contribution is -2.38. The molecule has 96 valence electrons. The van der Waals surface area contributed by atoms with Gasteiger partial charge < -0.3 is 10.2 Å². The fourth-order valence-electron chi connectivity index (χ4n) is 2.45. The Hall–Kier alpha value is -1.76. The maximum Gasteiger partial charge on any atom is 0.200 e. The van der Waals surface area contributed by atoms with Crippen LogP contribution in [0.2, 0.25) is 0 Å². The Morgan fingerprint density at radius 1 is 1.44 bits per heavy atom. The molecule has 1 saturated heterocycles. The zero-order valence-electron chi connectivity index (χ0n) is 10.5. The minimum absolute atomic E-state index is 0.520. The molecule has 18 heavy (non-hydrogen) atoms. The number of nitrogens with zero attached hydrogens (tertiary/aromatic N) is 6. The first-order chi connectivity index (χ1) is 8.88. The van der Waals surface area contributed by atoms with Gasteiger partial charge >= 0.3 is 0 Å². The third-order valence-corrected chi connectivity index (χ3v) is 3.36. The number of anilines is 1. The van der Waals surface area contributed by atoms with Crippen molar-refractivity contribution in [3.8, 4) is 0 Å². The van der Waals surface area contributed by atoms with Crippen molar-refractivity contribution < 1.29 is 0 Å². The fraction of sp³-hybridized carbons (Fsp3) is 0.636. The van der Waals surface area contributed by atoms with Gasteiger partial charge in [0.05, 0.1) is 0 Å². The molecule has 1 fully saturated rings. The normalized spacial score (nSPS) is 19.8. The van der Waals surface area contributed by atoms with E-state index in [9.17, 15) is 0 Å². The first-order valence-electron chi connectivity index (χ1n) is 6.41. The molecule has 0 spiro atoms. The van der Waals surface area contributed by atoms with E-state index >= 15 is 0 Å². The lowest BCUT2D eigenvalue weighted by molar-refractivity contribution is 0.580. The van der Waals surface area contributed by atoms with Gasteiger partial charge in [-0.15, -0.1) is 14.8 Å². The van der Waals surface area contributed by atoms with Crippen LogP contribution in [0.5, 0.6) is 0 Å². The molecule has 2 aromatic heterocycles. The quantitative estimate of drug-likeness (QED) is 0.826. The van der Waals surface area contributed by atoms with E-state index in [4.69, 9.17) is 0 Å². The van der Waals surface area contributed by atoms with Crippen LogP contribution >= 0.6 is 0 Å². The average molecular weight is 247 g/mol. The third-order valence-electron chi connectivity index (χ3n) is 3.36. The molecule has 2 aromatic rings. The molecule has 1 N–H and O–H groups in total. The number of fused-ring (bicyclic) bond motifs is 1. The van der Waals surface area contributed by atoms with Gasteiger partial charge in [-0.3, -0.25) is 0 Å². The summed E-state index contributed by atoms with van der Waals surface area (Å²) in [5.41, 5.74) is 0.682. The smallest absolute Gasteiger partial charge is 0.200 e. The topological polar surface area (TPSA) is 71.2 Å². The van der Waals surface area contributed by atoms with Crippen molar-refractivity contribution in [3.63, 3.8) is 0 Å². The number of tetrazole rings is 1. The third kappa shape index (κ3) is 2.01. The summed E-state index contributed by atoms with van der Waals surface area (Å²) in [6.45, 7) is 5.19. The molecular weight excluding hydrogens is 230 g/mol. The van der Waals surface area contributed by atoms with Crippen LogP contribution in [0, 0.1) is 0 Å². The summed E-state index contributed by atoms with van der Waals surface area (Å²) in [4.78, 5) is 2.34. The second-order valence-corrected chi connectivity index (χ2v) is 4.52. The van der Waals surface area contributed by atoms with Crippen LogP contribution in [0.4, 0.5) is 5.82 Å². The van der Waals surface area contributed by atoms with E-state index in [1.165, 1.54) is 17.5 Å². The molecule has 1 aliphatic heterocycles. The first-order valence-corrected chi connectivity index (χ1v) is 6.41. The van der Waals surface area contributed by atoms with Crippen LogP contribution in [0.3, 0.4) is 0 Å². The molecule has 0 saturated carbocycles. The van der Waals surface area contributed by atoms with Crippen molar-refractivity contribution in [2.75, 3.05) is 24.5 Å². The Morgan fingerprint density at radius 3 is 3.28 bits per heavy atom. The van der Waals surface area contributed by atoms with Crippen LogP contribution in [-0.4, -0.2) is 50.9 Å². The average Bonchev–Trinajstić information content (AvgIpc) is 3.03. The number of aromatic nitrogens is 5. The Bertz CT molecular complexity index is 523. The fourth-order valence-corrected chi connectivity index (χ4v) is 2.45. The number of hydrogen-bond acceptors (Lipinski definition) is 6. The Labute approximate surface area is 105 Å². The van der Waals surface area contributed by atoms with E-state index in [2.05, 4.69) is 37.8 Å². The summed E-state index contributed by atoms with van der Waals surface area (Å²) in [5.74, 6) is 0.954. The molecule has 1 atom stereocenters. The van der Waals surface area contributed by atoms with Crippen molar-refractivity contribution in [1.82, 2.24) is 30.6 Å². The van der Waals surface area contributed by atoms with Gasteiger partial charge in [0.25, 0.3) is 0 Å². The van der Waals surface area contributed by atoms with E-state index in [1.54, 1.807) is 0 Å². The molecule has 3 heterocycles. The van der Waals surface area contributed by atoms with Crippen molar-refractivity contribution in [2.24, 2.45) is 0 Å². The van der Waals surface area contributed by atoms with Crippen molar-refractivity contribution in [3.05, 3.63) is 12.1 Å². The number of nitrogens with one attached hydrogen (secondary N) is 1. The Balaban J connectivity index is 1.83. The monoisotopic (exact) mass is 247 g/mol. The molecule has 1 unspecified atom stereocenters. The van der Waals surface area contributed by atoms with E-state index in [0.29, 0.717) is 11.7 Å². The van der Waals surface area contributed by atoms with E-state index in [0.717, 1.165) is 25.5 Å². The summed E-state index contributed by atoms with van der Waals surface area (Å²) in [7, 11) is 0. The predicted octanol–water partition coefficient (Wildman–Crippen LogP) is 0.0976.